The summed E-state index contributed by atoms with van der Waals surface area (Å²) in [7, 11) is 0. The maximum absolute atomic E-state index is 12.5. The molecule has 2 heterocycles. The minimum absolute atomic E-state index is 0.0848. The number of pyridine rings is 1. The third kappa shape index (κ3) is 8.28. The first kappa shape index (κ1) is 26.6. The fourth-order valence-corrected chi connectivity index (χ4v) is 3.91. The molecule has 9 nitrogen and oxygen atoms in total. The number of carbonyl (C=O) groups excluding carboxylic acids is 2. The fourth-order valence-electron chi connectivity index (χ4n) is 2.99. The number of nitrogens with zero attached hydrogens (tertiary/aromatic N) is 2. The molecule has 37 heavy (non-hydrogen) atoms. The Bertz CT molecular complexity index is 1280. The number of hydrogen-bond acceptors (Lipinski definition) is 8. The molecule has 0 atom stereocenters. The minimum Gasteiger partial charge on any atom is -0.493 e. The summed E-state index contributed by atoms with van der Waals surface area (Å²) in [5.41, 5.74) is 2.69. The van der Waals surface area contributed by atoms with E-state index in [9.17, 15) is 9.59 Å². The van der Waals surface area contributed by atoms with Crippen molar-refractivity contribution in [2.45, 2.75) is 32.8 Å². The Hall–Kier alpha value is -3.47. The zero-order valence-electron chi connectivity index (χ0n) is 20.4. The molecule has 1 aromatic carbocycles. The molecule has 0 saturated heterocycles. The number of hydroxylamine groups is 1. The molecule has 4 rings (SSSR count). The van der Waals surface area contributed by atoms with Crippen molar-refractivity contribution in [3.8, 4) is 16.7 Å². The molecule has 2 aromatic heterocycles. The molecule has 1 aliphatic carbocycles. The van der Waals surface area contributed by atoms with E-state index in [2.05, 4.69) is 20.8 Å². The number of ether oxygens (including phenoxy) is 2. The van der Waals surface area contributed by atoms with Crippen LogP contribution < -0.4 is 20.3 Å². The van der Waals surface area contributed by atoms with Gasteiger partial charge in [-0.3, -0.25) is 19.4 Å². The molecule has 0 aliphatic heterocycles. The van der Waals surface area contributed by atoms with E-state index >= 15 is 0 Å². The topological polar surface area (TPSA) is 112 Å². The maximum atomic E-state index is 12.5. The average Bonchev–Trinajstić information content (AvgIpc) is 3.62. The van der Waals surface area contributed by atoms with Crippen molar-refractivity contribution in [1.29, 1.82) is 0 Å². The highest BCUT2D eigenvalue weighted by atomic mass is 35.5. The molecule has 3 aromatic rings. The van der Waals surface area contributed by atoms with E-state index in [4.69, 9.17) is 25.9 Å². The van der Waals surface area contributed by atoms with Gasteiger partial charge >= 0.3 is 0 Å². The summed E-state index contributed by atoms with van der Waals surface area (Å²) in [5, 5.41) is 3.67. The summed E-state index contributed by atoms with van der Waals surface area (Å²) in [6.45, 7) is 4.56. The number of halogens is 1. The van der Waals surface area contributed by atoms with Gasteiger partial charge in [-0.05, 0) is 62.9 Å². The van der Waals surface area contributed by atoms with E-state index in [-0.39, 0.29) is 24.2 Å². The smallest absolute Gasteiger partial charge is 0.293 e. The van der Waals surface area contributed by atoms with Gasteiger partial charge < -0.3 is 14.8 Å². The second-order valence-corrected chi connectivity index (χ2v) is 10.0. The van der Waals surface area contributed by atoms with Crippen LogP contribution in [0.5, 0.6) is 16.7 Å². The molecule has 0 bridgehead atoms. The minimum atomic E-state index is -0.523. The SMILES string of the molecule is CC(C)ONC(=O)c1cc(C(=O)NC/C=C/c2cnc(Oc3ccc(OCC4CC4)cc3Cl)s2)ccn1. The van der Waals surface area contributed by atoms with Gasteiger partial charge in [-0.15, -0.1) is 0 Å². The van der Waals surface area contributed by atoms with Gasteiger partial charge in [-0.25, -0.2) is 10.5 Å². The number of amides is 2. The lowest BCUT2D eigenvalue weighted by molar-refractivity contribution is -0.000139. The summed E-state index contributed by atoms with van der Waals surface area (Å²) < 4.78 is 11.6. The average molecular weight is 543 g/mol. The molecule has 194 valence electrons. The zero-order chi connectivity index (χ0) is 26.2. The van der Waals surface area contributed by atoms with Crippen LogP contribution in [0.1, 0.15) is 52.4 Å². The Morgan fingerprint density at radius 2 is 2.03 bits per heavy atom. The number of aromatic nitrogens is 2. The molecule has 0 unspecified atom stereocenters. The van der Waals surface area contributed by atoms with Crippen LogP contribution in [-0.2, 0) is 4.84 Å². The molecule has 1 aliphatic rings. The van der Waals surface area contributed by atoms with Crippen molar-refractivity contribution in [1.82, 2.24) is 20.8 Å². The van der Waals surface area contributed by atoms with Crippen LogP contribution in [0.25, 0.3) is 6.08 Å². The first-order chi connectivity index (χ1) is 17.9. The van der Waals surface area contributed by atoms with E-state index < -0.39 is 5.91 Å². The number of benzene rings is 1. The molecule has 2 N–H and O–H groups in total. The molecule has 2 amide bonds. The van der Waals surface area contributed by atoms with Crippen LogP contribution >= 0.6 is 22.9 Å². The summed E-state index contributed by atoms with van der Waals surface area (Å²) in [5.74, 6) is 1.03. The lowest BCUT2D eigenvalue weighted by atomic mass is 10.2. The number of nitrogens with one attached hydrogen (secondary N) is 2. The van der Waals surface area contributed by atoms with Crippen LogP contribution in [0, 0.1) is 5.92 Å². The molecular weight excluding hydrogens is 516 g/mol. The second kappa shape index (κ2) is 12.7. The van der Waals surface area contributed by atoms with Crippen molar-refractivity contribution in [2.24, 2.45) is 5.92 Å². The maximum Gasteiger partial charge on any atom is 0.293 e. The van der Waals surface area contributed by atoms with Gasteiger partial charge in [0.05, 0.1) is 22.6 Å². The summed E-state index contributed by atoms with van der Waals surface area (Å²) in [6.07, 6.45) is 8.96. The first-order valence-corrected chi connectivity index (χ1v) is 13.0. The number of rotatable bonds is 12. The quantitative estimate of drug-likeness (QED) is 0.299. The van der Waals surface area contributed by atoms with Crippen molar-refractivity contribution >= 4 is 40.8 Å². The van der Waals surface area contributed by atoms with Crippen molar-refractivity contribution in [3.63, 3.8) is 0 Å². The van der Waals surface area contributed by atoms with Gasteiger partial charge in [0, 0.05) is 30.6 Å². The van der Waals surface area contributed by atoms with E-state index in [1.807, 2.05) is 12.1 Å². The number of hydrogen-bond donors (Lipinski definition) is 2. The predicted octanol–water partition coefficient (Wildman–Crippen LogP) is 5.29. The monoisotopic (exact) mass is 542 g/mol. The van der Waals surface area contributed by atoms with Crippen molar-refractivity contribution in [3.05, 3.63) is 70.0 Å². The Morgan fingerprint density at radius 3 is 2.78 bits per heavy atom. The van der Waals surface area contributed by atoms with Crippen molar-refractivity contribution in [2.75, 3.05) is 13.2 Å². The van der Waals surface area contributed by atoms with Gasteiger partial charge in [-0.2, -0.15) is 0 Å². The van der Waals surface area contributed by atoms with Gasteiger partial charge in [0.25, 0.3) is 17.0 Å². The highest BCUT2D eigenvalue weighted by Gasteiger charge is 2.22. The molecule has 1 saturated carbocycles. The van der Waals surface area contributed by atoms with E-state index in [1.54, 1.807) is 38.3 Å². The summed E-state index contributed by atoms with van der Waals surface area (Å²) in [6, 6.07) is 8.28. The normalized spacial score (nSPS) is 13.1. The van der Waals surface area contributed by atoms with Gasteiger partial charge in [0.2, 0.25) is 0 Å². The van der Waals surface area contributed by atoms with Crippen LogP contribution in [0.2, 0.25) is 5.02 Å². The van der Waals surface area contributed by atoms with E-state index in [0.717, 1.165) is 10.6 Å². The summed E-state index contributed by atoms with van der Waals surface area (Å²) >= 11 is 7.68. The van der Waals surface area contributed by atoms with Crippen LogP contribution in [0.4, 0.5) is 0 Å². The van der Waals surface area contributed by atoms with Crippen LogP contribution in [0.15, 0.2) is 48.8 Å². The Balaban J connectivity index is 1.25. The molecule has 1 fully saturated rings. The third-order valence-electron chi connectivity index (χ3n) is 5.09. The fraction of sp³-hybridized carbons (Fsp3) is 0.308. The van der Waals surface area contributed by atoms with Crippen LogP contribution in [-0.4, -0.2) is 41.0 Å². The third-order valence-corrected chi connectivity index (χ3v) is 6.23. The largest absolute Gasteiger partial charge is 0.493 e. The molecule has 0 radical (unpaired) electrons. The van der Waals surface area contributed by atoms with E-state index in [0.29, 0.717) is 34.1 Å². The highest BCUT2D eigenvalue weighted by Crippen LogP contribution is 2.35. The van der Waals surface area contributed by atoms with E-state index in [1.165, 1.54) is 42.5 Å². The lowest BCUT2D eigenvalue weighted by Gasteiger charge is -2.08. The Kier molecular flexibility index (Phi) is 9.10. The lowest BCUT2D eigenvalue weighted by Crippen LogP contribution is -2.28. The van der Waals surface area contributed by atoms with Gasteiger partial charge in [0.15, 0.2) is 0 Å². The highest BCUT2D eigenvalue weighted by molar-refractivity contribution is 7.14. The second-order valence-electron chi connectivity index (χ2n) is 8.62. The molecule has 0 spiro atoms. The molecule has 11 heteroatoms. The van der Waals surface area contributed by atoms with Crippen LogP contribution in [0.3, 0.4) is 0 Å². The summed E-state index contributed by atoms with van der Waals surface area (Å²) in [4.78, 5) is 38.7. The van der Waals surface area contributed by atoms with Crippen molar-refractivity contribution < 1.29 is 23.9 Å². The standard InChI is InChI=1S/C26H27ClN4O5S/c1-16(2)36-31-25(33)22-12-18(9-11-28-22)24(32)29-10-3-4-20-14-30-26(37-20)35-23-8-7-19(13-21(23)27)34-15-17-5-6-17/h3-4,7-9,11-14,16-17H,5-6,10,15H2,1-2H3,(H,29,32)(H,31,33)/b4-3+. The zero-order valence-corrected chi connectivity index (χ0v) is 22.0. The number of carbonyl (C=O) groups is 2. The number of thiazole rings is 1. The van der Waals surface area contributed by atoms with Gasteiger partial charge in [-0.1, -0.05) is 29.0 Å². The molecular formula is C26H27ClN4O5S. The predicted molar refractivity (Wildman–Crippen MR) is 141 cm³/mol. The Labute approximate surface area is 223 Å². The Morgan fingerprint density at radius 1 is 1.19 bits per heavy atom. The van der Waals surface area contributed by atoms with Gasteiger partial charge in [0.1, 0.15) is 17.2 Å². The first-order valence-electron chi connectivity index (χ1n) is 11.8.